The van der Waals surface area contributed by atoms with Crippen molar-refractivity contribution < 1.29 is 9.53 Å². The van der Waals surface area contributed by atoms with Gasteiger partial charge in [0.25, 0.3) is 5.91 Å². The van der Waals surface area contributed by atoms with Crippen LogP contribution in [-0.2, 0) is 9.53 Å². The van der Waals surface area contributed by atoms with Crippen molar-refractivity contribution in [2.24, 2.45) is 5.84 Å². The molecule has 0 saturated heterocycles. The van der Waals surface area contributed by atoms with Crippen LogP contribution in [0.2, 0.25) is 0 Å². The molecule has 1 fully saturated rings. The SMILES string of the molecule is NNC(=O)COC1CCCCCC1. The predicted octanol–water partition coefficient (Wildman–Crippen LogP) is 0.716. The van der Waals surface area contributed by atoms with E-state index in [1.807, 2.05) is 0 Å². The Balaban J connectivity index is 2.15. The number of ether oxygens (including phenoxy) is 1. The third-order valence-electron chi connectivity index (χ3n) is 2.41. The highest BCUT2D eigenvalue weighted by Crippen LogP contribution is 2.19. The first kappa shape index (κ1) is 10.5. The van der Waals surface area contributed by atoms with E-state index >= 15 is 0 Å². The van der Waals surface area contributed by atoms with Gasteiger partial charge in [-0.05, 0) is 12.8 Å². The monoisotopic (exact) mass is 186 g/mol. The van der Waals surface area contributed by atoms with Crippen molar-refractivity contribution in [1.29, 1.82) is 0 Å². The molecule has 1 aliphatic rings. The van der Waals surface area contributed by atoms with Crippen molar-refractivity contribution in [3.05, 3.63) is 0 Å². The maximum atomic E-state index is 10.8. The maximum Gasteiger partial charge on any atom is 0.259 e. The first-order chi connectivity index (χ1) is 6.33. The van der Waals surface area contributed by atoms with E-state index in [1.54, 1.807) is 0 Å². The van der Waals surface area contributed by atoms with Gasteiger partial charge in [0.15, 0.2) is 0 Å². The van der Waals surface area contributed by atoms with E-state index in [9.17, 15) is 4.79 Å². The average Bonchev–Trinajstić information content (AvgIpc) is 2.42. The van der Waals surface area contributed by atoms with Crippen LogP contribution in [0.4, 0.5) is 0 Å². The van der Waals surface area contributed by atoms with Crippen LogP contribution in [0.25, 0.3) is 0 Å². The Labute approximate surface area is 78.8 Å². The van der Waals surface area contributed by atoms with Gasteiger partial charge >= 0.3 is 0 Å². The molecule has 0 aliphatic heterocycles. The van der Waals surface area contributed by atoms with E-state index in [0.717, 1.165) is 12.8 Å². The van der Waals surface area contributed by atoms with E-state index in [1.165, 1.54) is 25.7 Å². The number of hydrogen-bond donors (Lipinski definition) is 2. The van der Waals surface area contributed by atoms with Crippen LogP contribution < -0.4 is 11.3 Å². The normalized spacial score (nSPS) is 19.5. The summed E-state index contributed by atoms with van der Waals surface area (Å²) in [6.07, 6.45) is 7.45. The fourth-order valence-corrected chi connectivity index (χ4v) is 1.64. The van der Waals surface area contributed by atoms with Gasteiger partial charge in [-0.25, -0.2) is 5.84 Å². The molecule has 4 nitrogen and oxygen atoms in total. The van der Waals surface area contributed by atoms with E-state index in [0.29, 0.717) is 0 Å². The van der Waals surface area contributed by atoms with E-state index in [4.69, 9.17) is 10.6 Å². The van der Waals surface area contributed by atoms with Gasteiger partial charge in [-0.3, -0.25) is 10.2 Å². The fourth-order valence-electron chi connectivity index (χ4n) is 1.64. The fraction of sp³-hybridized carbons (Fsp3) is 0.889. The molecule has 1 aliphatic carbocycles. The van der Waals surface area contributed by atoms with Crippen molar-refractivity contribution in [2.45, 2.75) is 44.6 Å². The zero-order valence-electron chi connectivity index (χ0n) is 7.92. The Morgan fingerprint density at radius 2 is 1.92 bits per heavy atom. The number of amides is 1. The smallest absolute Gasteiger partial charge is 0.259 e. The molecule has 0 aromatic rings. The van der Waals surface area contributed by atoms with E-state index in [-0.39, 0.29) is 18.6 Å². The summed E-state index contributed by atoms with van der Waals surface area (Å²) in [5.74, 6) is 4.69. The number of rotatable bonds is 3. The molecule has 0 unspecified atom stereocenters. The Morgan fingerprint density at radius 1 is 1.31 bits per heavy atom. The molecule has 0 aromatic heterocycles. The lowest BCUT2D eigenvalue weighted by atomic mass is 10.1. The minimum Gasteiger partial charge on any atom is -0.368 e. The number of carbonyl (C=O) groups is 1. The lowest BCUT2D eigenvalue weighted by Gasteiger charge is -2.14. The predicted molar refractivity (Wildman–Crippen MR) is 49.8 cm³/mol. The van der Waals surface area contributed by atoms with Gasteiger partial charge in [0, 0.05) is 0 Å². The number of nitrogens with two attached hydrogens (primary N) is 1. The van der Waals surface area contributed by atoms with Gasteiger partial charge in [0.2, 0.25) is 0 Å². The van der Waals surface area contributed by atoms with Crippen molar-refractivity contribution in [3.63, 3.8) is 0 Å². The molecule has 0 heterocycles. The van der Waals surface area contributed by atoms with Gasteiger partial charge in [0.05, 0.1) is 6.10 Å². The molecule has 1 rings (SSSR count). The Kier molecular flexibility index (Phi) is 4.78. The minimum atomic E-state index is -0.246. The maximum absolute atomic E-state index is 10.8. The van der Waals surface area contributed by atoms with Crippen LogP contribution in [0.15, 0.2) is 0 Å². The number of carbonyl (C=O) groups excluding carboxylic acids is 1. The molecular formula is C9H18N2O2. The van der Waals surface area contributed by atoms with Gasteiger partial charge < -0.3 is 4.74 Å². The van der Waals surface area contributed by atoms with Crippen LogP contribution in [0.5, 0.6) is 0 Å². The highest BCUT2D eigenvalue weighted by atomic mass is 16.5. The number of hydrogen-bond acceptors (Lipinski definition) is 3. The second-order valence-electron chi connectivity index (χ2n) is 3.49. The quantitative estimate of drug-likeness (QED) is 0.295. The Hall–Kier alpha value is -0.610. The molecule has 1 saturated carbocycles. The molecule has 1 amide bonds. The summed E-state index contributed by atoms with van der Waals surface area (Å²) in [5.41, 5.74) is 2.06. The van der Waals surface area contributed by atoms with Gasteiger partial charge in [0.1, 0.15) is 6.61 Å². The second-order valence-corrected chi connectivity index (χ2v) is 3.49. The topological polar surface area (TPSA) is 64.3 Å². The third-order valence-corrected chi connectivity index (χ3v) is 2.41. The highest BCUT2D eigenvalue weighted by molar-refractivity contribution is 5.76. The van der Waals surface area contributed by atoms with Crippen molar-refractivity contribution in [2.75, 3.05) is 6.61 Å². The van der Waals surface area contributed by atoms with Crippen molar-refractivity contribution in [3.8, 4) is 0 Å². The number of hydrazine groups is 1. The highest BCUT2D eigenvalue weighted by Gasteiger charge is 2.13. The number of nitrogens with one attached hydrogen (secondary N) is 1. The molecule has 4 heteroatoms. The summed E-state index contributed by atoms with van der Waals surface area (Å²) in [6.45, 7) is 0.0984. The third kappa shape index (κ3) is 4.24. The summed E-state index contributed by atoms with van der Waals surface area (Å²) in [6, 6.07) is 0. The van der Waals surface area contributed by atoms with Crippen LogP contribution >= 0.6 is 0 Å². The van der Waals surface area contributed by atoms with Crippen LogP contribution in [0.3, 0.4) is 0 Å². The summed E-state index contributed by atoms with van der Waals surface area (Å²) < 4.78 is 5.42. The summed E-state index contributed by atoms with van der Waals surface area (Å²) in [5, 5.41) is 0. The molecule has 0 aromatic carbocycles. The summed E-state index contributed by atoms with van der Waals surface area (Å²) >= 11 is 0. The molecule has 13 heavy (non-hydrogen) atoms. The van der Waals surface area contributed by atoms with E-state index in [2.05, 4.69) is 5.43 Å². The summed E-state index contributed by atoms with van der Waals surface area (Å²) in [4.78, 5) is 10.8. The molecule has 0 spiro atoms. The second kappa shape index (κ2) is 5.94. The zero-order chi connectivity index (χ0) is 9.52. The lowest BCUT2D eigenvalue weighted by Crippen LogP contribution is -2.34. The Bertz CT molecular complexity index is 154. The molecule has 76 valence electrons. The molecule has 0 radical (unpaired) electrons. The van der Waals surface area contributed by atoms with Crippen LogP contribution in [0, 0.1) is 0 Å². The van der Waals surface area contributed by atoms with Crippen molar-refractivity contribution in [1.82, 2.24) is 5.43 Å². The lowest BCUT2D eigenvalue weighted by molar-refractivity contribution is -0.128. The van der Waals surface area contributed by atoms with E-state index < -0.39 is 0 Å². The molecule has 0 atom stereocenters. The van der Waals surface area contributed by atoms with Gasteiger partial charge in [-0.1, -0.05) is 25.7 Å². The first-order valence-electron chi connectivity index (χ1n) is 4.94. The van der Waals surface area contributed by atoms with Gasteiger partial charge in [-0.2, -0.15) is 0 Å². The van der Waals surface area contributed by atoms with Crippen molar-refractivity contribution >= 4 is 5.91 Å². The molecule has 0 bridgehead atoms. The minimum absolute atomic E-state index is 0.0984. The van der Waals surface area contributed by atoms with Crippen LogP contribution in [-0.4, -0.2) is 18.6 Å². The Morgan fingerprint density at radius 3 is 2.46 bits per heavy atom. The largest absolute Gasteiger partial charge is 0.368 e. The van der Waals surface area contributed by atoms with Gasteiger partial charge in [-0.15, -0.1) is 0 Å². The molecular weight excluding hydrogens is 168 g/mol. The molecule has 3 N–H and O–H groups in total. The first-order valence-corrected chi connectivity index (χ1v) is 4.94. The average molecular weight is 186 g/mol. The standard InChI is InChI=1S/C9H18N2O2/c10-11-9(12)7-13-8-5-3-1-2-4-6-8/h8H,1-7,10H2,(H,11,12). The zero-order valence-corrected chi connectivity index (χ0v) is 7.92. The summed E-state index contributed by atoms with van der Waals surface area (Å²) in [7, 11) is 0. The van der Waals surface area contributed by atoms with Crippen LogP contribution in [0.1, 0.15) is 38.5 Å².